The number of aromatic nitrogens is 2. The summed E-state index contributed by atoms with van der Waals surface area (Å²) in [5.74, 6) is -0.220. The summed E-state index contributed by atoms with van der Waals surface area (Å²) in [5.41, 5.74) is 1.85. The van der Waals surface area contributed by atoms with Gasteiger partial charge in [0.25, 0.3) is 5.69 Å². The first kappa shape index (κ1) is 25.0. The van der Waals surface area contributed by atoms with E-state index in [4.69, 9.17) is 0 Å². The van der Waals surface area contributed by atoms with Gasteiger partial charge in [-0.05, 0) is 44.2 Å². The topological polar surface area (TPSA) is 84.5 Å². The summed E-state index contributed by atoms with van der Waals surface area (Å²) in [4.78, 5) is 26.6. The molecule has 8 nitrogen and oxygen atoms in total. The van der Waals surface area contributed by atoms with E-state index in [2.05, 4.69) is 5.10 Å². The average molecular weight is 499 g/mol. The van der Waals surface area contributed by atoms with Crippen LogP contribution in [0.3, 0.4) is 0 Å². The molecule has 2 heterocycles. The molecule has 1 fully saturated rings. The van der Waals surface area contributed by atoms with Gasteiger partial charge in [0.1, 0.15) is 5.69 Å². The van der Waals surface area contributed by atoms with Crippen LogP contribution in [0.2, 0.25) is 0 Å². The summed E-state index contributed by atoms with van der Waals surface area (Å²) in [6, 6.07) is 12.2. The van der Waals surface area contributed by atoms with Gasteiger partial charge in [0.15, 0.2) is 0 Å². The van der Waals surface area contributed by atoms with Crippen LogP contribution in [0.1, 0.15) is 22.5 Å². The molecule has 36 heavy (non-hydrogen) atoms. The summed E-state index contributed by atoms with van der Waals surface area (Å²) >= 11 is 0. The molecule has 0 N–H and O–H groups in total. The van der Waals surface area contributed by atoms with E-state index < -0.39 is 22.4 Å². The third-order valence-corrected chi connectivity index (χ3v) is 6.17. The molecule has 0 atom stereocenters. The van der Waals surface area contributed by atoms with Crippen molar-refractivity contribution in [2.24, 2.45) is 0 Å². The molecule has 1 saturated heterocycles. The maximum absolute atomic E-state index is 13.0. The summed E-state index contributed by atoms with van der Waals surface area (Å²) in [5, 5.41) is 16.0. The predicted octanol–water partition coefficient (Wildman–Crippen LogP) is 4.78. The van der Waals surface area contributed by atoms with Crippen LogP contribution in [0.15, 0.2) is 54.6 Å². The molecule has 1 aromatic heterocycles. The second-order valence-corrected chi connectivity index (χ2v) is 8.44. The van der Waals surface area contributed by atoms with Crippen molar-refractivity contribution in [2.75, 3.05) is 31.1 Å². The molecule has 1 amide bonds. The quantitative estimate of drug-likeness (QED) is 0.287. The number of aryl methyl sites for hydroxylation is 1. The molecule has 0 aliphatic carbocycles. The highest BCUT2D eigenvalue weighted by atomic mass is 19.4. The van der Waals surface area contributed by atoms with Crippen LogP contribution >= 0.6 is 0 Å². The number of piperazine rings is 1. The molecule has 1 aliphatic heterocycles. The Balaban J connectivity index is 1.44. The third-order valence-electron chi connectivity index (χ3n) is 6.17. The Kier molecular flexibility index (Phi) is 6.82. The van der Waals surface area contributed by atoms with Gasteiger partial charge in [-0.3, -0.25) is 14.9 Å². The Bertz CT molecular complexity index is 1310. The number of anilines is 1. The molecule has 188 valence electrons. The number of nitrogens with zero attached hydrogens (tertiary/aromatic N) is 5. The normalized spacial score (nSPS) is 14.5. The van der Waals surface area contributed by atoms with Gasteiger partial charge in [-0.25, -0.2) is 4.68 Å². The van der Waals surface area contributed by atoms with Gasteiger partial charge in [-0.2, -0.15) is 18.3 Å². The van der Waals surface area contributed by atoms with Crippen LogP contribution in [0.5, 0.6) is 0 Å². The highest BCUT2D eigenvalue weighted by Crippen LogP contribution is 2.36. The lowest BCUT2D eigenvalue weighted by atomic mass is 10.1. The molecule has 4 rings (SSSR count). The predicted molar refractivity (Wildman–Crippen MR) is 129 cm³/mol. The first-order chi connectivity index (χ1) is 17.1. The number of nitro benzene ring substituents is 1. The maximum Gasteiger partial charge on any atom is 0.416 e. The van der Waals surface area contributed by atoms with Gasteiger partial charge in [0.2, 0.25) is 5.91 Å². The number of halogens is 3. The fourth-order valence-corrected chi connectivity index (χ4v) is 4.26. The standard InChI is InChI=1S/C25H24F3N5O3/c1-17-21(18(2)32(29-17)20-6-4-3-5-7-20)9-11-24(34)31-14-12-30(13-15-31)22-10-8-19(25(26,27)28)16-23(22)33(35)36/h3-11,16H,12-15H2,1-2H3/b11-9+. The van der Waals surface area contributed by atoms with E-state index in [0.29, 0.717) is 6.07 Å². The molecule has 0 radical (unpaired) electrons. The Morgan fingerprint density at radius 2 is 1.72 bits per heavy atom. The van der Waals surface area contributed by atoms with Gasteiger partial charge in [-0.1, -0.05) is 18.2 Å². The number of nitro groups is 1. The lowest BCUT2D eigenvalue weighted by Gasteiger charge is -2.35. The second-order valence-electron chi connectivity index (χ2n) is 8.44. The summed E-state index contributed by atoms with van der Waals surface area (Å²) < 4.78 is 40.8. The van der Waals surface area contributed by atoms with Crippen molar-refractivity contribution in [3.05, 3.63) is 87.2 Å². The van der Waals surface area contributed by atoms with Crippen molar-refractivity contribution < 1.29 is 22.9 Å². The van der Waals surface area contributed by atoms with Gasteiger partial charge in [0.05, 0.1) is 21.9 Å². The largest absolute Gasteiger partial charge is 0.416 e. The number of alkyl halides is 3. The molecule has 11 heteroatoms. The van der Waals surface area contributed by atoms with Crippen molar-refractivity contribution in [1.82, 2.24) is 14.7 Å². The molecule has 0 saturated carbocycles. The lowest BCUT2D eigenvalue weighted by Crippen LogP contribution is -2.48. The number of hydrogen-bond acceptors (Lipinski definition) is 5. The van der Waals surface area contributed by atoms with Crippen LogP contribution in [-0.2, 0) is 11.0 Å². The van der Waals surface area contributed by atoms with Gasteiger partial charge >= 0.3 is 6.18 Å². The third kappa shape index (κ3) is 5.09. The lowest BCUT2D eigenvalue weighted by molar-refractivity contribution is -0.384. The van der Waals surface area contributed by atoms with E-state index in [1.54, 1.807) is 15.9 Å². The van der Waals surface area contributed by atoms with E-state index >= 15 is 0 Å². The number of benzene rings is 2. The van der Waals surface area contributed by atoms with Gasteiger partial charge in [0, 0.05) is 49.6 Å². The number of hydrogen-bond donors (Lipinski definition) is 0. The van der Waals surface area contributed by atoms with Gasteiger partial charge < -0.3 is 9.80 Å². The second kappa shape index (κ2) is 9.84. The zero-order chi connectivity index (χ0) is 26.0. The molecular formula is C25H24F3N5O3. The van der Waals surface area contributed by atoms with E-state index in [0.717, 1.165) is 34.8 Å². The van der Waals surface area contributed by atoms with Crippen molar-refractivity contribution in [2.45, 2.75) is 20.0 Å². The minimum Gasteiger partial charge on any atom is -0.362 e. The first-order valence-corrected chi connectivity index (χ1v) is 11.3. The van der Waals surface area contributed by atoms with Crippen molar-refractivity contribution >= 4 is 23.4 Å². The number of amides is 1. The smallest absolute Gasteiger partial charge is 0.362 e. The SMILES string of the molecule is Cc1nn(-c2ccccc2)c(C)c1/C=C/C(=O)N1CCN(c2ccc(C(F)(F)F)cc2[N+](=O)[O-])CC1. The fourth-order valence-electron chi connectivity index (χ4n) is 4.26. The monoisotopic (exact) mass is 499 g/mol. The minimum atomic E-state index is -4.67. The van der Waals surface area contributed by atoms with Crippen molar-refractivity contribution in [3.8, 4) is 5.69 Å². The highest BCUT2D eigenvalue weighted by molar-refractivity contribution is 5.92. The van der Waals surface area contributed by atoms with Gasteiger partial charge in [-0.15, -0.1) is 0 Å². The number of carbonyl (C=O) groups is 1. The fraction of sp³-hybridized carbons (Fsp3) is 0.280. The molecule has 0 bridgehead atoms. The Morgan fingerprint density at radius 3 is 2.33 bits per heavy atom. The van der Waals surface area contributed by atoms with Crippen LogP contribution in [0, 0.1) is 24.0 Å². The van der Waals surface area contributed by atoms with Crippen LogP contribution in [0.25, 0.3) is 11.8 Å². The van der Waals surface area contributed by atoms with E-state index in [9.17, 15) is 28.1 Å². The summed E-state index contributed by atoms with van der Waals surface area (Å²) in [7, 11) is 0. The summed E-state index contributed by atoms with van der Waals surface area (Å²) in [6.07, 6.45) is -1.47. The Labute approximate surface area is 205 Å². The number of rotatable bonds is 5. The number of carbonyl (C=O) groups excluding carboxylic acids is 1. The maximum atomic E-state index is 13.0. The van der Waals surface area contributed by atoms with E-state index in [-0.39, 0.29) is 37.8 Å². The highest BCUT2D eigenvalue weighted by Gasteiger charge is 2.34. The molecule has 1 aliphatic rings. The molecule has 3 aromatic rings. The zero-order valence-corrected chi connectivity index (χ0v) is 19.7. The molecule has 0 unspecified atom stereocenters. The van der Waals surface area contributed by atoms with Crippen molar-refractivity contribution in [3.63, 3.8) is 0 Å². The average Bonchev–Trinajstić information content (AvgIpc) is 3.15. The van der Waals surface area contributed by atoms with Crippen LogP contribution in [0.4, 0.5) is 24.5 Å². The Morgan fingerprint density at radius 1 is 1.06 bits per heavy atom. The van der Waals surface area contributed by atoms with E-state index in [1.807, 2.05) is 48.9 Å². The molecule has 0 spiro atoms. The van der Waals surface area contributed by atoms with Crippen molar-refractivity contribution in [1.29, 1.82) is 0 Å². The van der Waals surface area contributed by atoms with Crippen LogP contribution in [-0.4, -0.2) is 51.7 Å². The Hall–Kier alpha value is -4.15. The zero-order valence-electron chi connectivity index (χ0n) is 19.7. The molecular weight excluding hydrogens is 475 g/mol. The summed E-state index contributed by atoms with van der Waals surface area (Å²) in [6.45, 7) is 4.87. The van der Waals surface area contributed by atoms with E-state index in [1.165, 1.54) is 6.08 Å². The first-order valence-electron chi connectivity index (χ1n) is 11.3. The minimum absolute atomic E-state index is 0.107. The van der Waals surface area contributed by atoms with Crippen LogP contribution < -0.4 is 4.90 Å². The number of para-hydroxylation sites is 1. The molecule has 2 aromatic carbocycles.